The van der Waals surface area contributed by atoms with Crippen LogP contribution < -0.4 is 0 Å². The van der Waals surface area contributed by atoms with Crippen molar-refractivity contribution in [3.8, 4) is 0 Å². The van der Waals surface area contributed by atoms with E-state index in [-0.39, 0.29) is 4.90 Å². The fourth-order valence-electron chi connectivity index (χ4n) is 1.30. The Morgan fingerprint density at radius 3 is 2.56 bits per heavy atom. The third-order valence-electron chi connectivity index (χ3n) is 1.99. The Morgan fingerprint density at radius 1 is 1.31 bits per heavy atom. The number of aromatic nitrogens is 4. The summed E-state index contributed by atoms with van der Waals surface area (Å²) >= 11 is 0. The first-order chi connectivity index (χ1) is 7.45. The number of aryl methyl sites for hydroxylation is 1. The van der Waals surface area contributed by atoms with Crippen LogP contribution in [0.3, 0.4) is 0 Å². The summed E-state index contributed by atoms with van der Waals surface area (Å²) in [5.74, 6) is 0. The van der Waals surface area contributed by atoms with Crippen LogP contribution >= 0.6 is 10.7 Å². The van der Waals surface area contributed by atoms with Crippen molar-refractivity contribution >= 4 is 19.7 Å². The van der Waals surface area contributed by atoms with Crippen LogP contribution in [0.25, 0.3) is 0 Å². The van der Waals surface area contributed by atoms with Gasteiger partial charge in [0.1, 0.15) is 4.90 Å². The highest BCUT2D eigenvalue weighted by Crippen LogP contribution is 2.13. The lowest BCUT2D eigenvalue weighted by Crippen LogP contribution is -1.98. The molecule has 0 atom stereocenters. The molecule has 2 aromatic rings. The van der Waals surface area contributed by atoms with E-state index in [9.17, 15) is 8.42 Å². The van der Waals surface area contributed by atoms with Crippen molar-refractivity contribution in [1.29, 1.82) is 0 Å². The predicted octanol–water partition coefficient (Wildman–Crippen LogP) is 0.592. The van der Waals surface area contributed by atoms with Crippen LogP contribution in [0.5, 0.6) is 0 Å². The van der Waals surface area contributed by atoms with Gasteiger partial charge in [0.2, 0.25) is 0 Å². The SMILES string of the molecule is Cn1cc(Cn2cc(S(=O)(=O)Cl)cn2)cn1. The third-order valence-corrected chi connectivity index (χ3v) is 3.30. The Labute approximate surface area is 96.9 Å². The maximum atomic E-state index is 11.0. The van der Waals surface area contributed by atoms with Gasteiger partial charge in [-0.3, -0.25) is 9.36 Å². The zero-order chi connectivity index (χ0) is 11.8. The standard InChI is InChI=1S/C8H9ClN4O2S/c1-12-4-7(2-10-12)5-13-6-8(3-11-13)16(9,14)15/h2-4,6H,5H2,1H3. The summed E-state index contributed by atoms with van der Waals surface area (Å²) in [6.07, 6.45) is 6.13. The number of hydrogen-bond acceptors (Lipinski definition) is 4. The summed E-state index contributed by atoms with van der Waals surface area (Å²) in [6.45, 7) is 0.459. The highest BCUT2D eigenvalue weighted by molar-refractivity contribution is 8.13. The molecule has 0 bridgehead atoms. The first-order valence-electron chi connectivity index (χ1n) is 4.40. The lowest BCUT2D eigenvalue weighted by Gasteiger charge is -1.96. The van der Waals surface area contributed by atoms with Gasteiger partial charge in [-0.1, -0.05) is 0 Å². The average Bonchev–Trinajstić information content (AvgIpc) is 2.74. The van der Waals surface area contributed by atoms with E-state index in [1.807, 2.05) is 6.20 Å². The molecule has 0 aromatic carbocycles. The summed E-state index contributed by atoms with van der Waals surface area (Å²) in [6, 6.07) is 0. The van der Waals surface area contributed by atoms with E-state index in [0.29, 0.717) is 6.54 Å². The molecule has 0 N–H and O–H groups in total. The van der Waals surface area contributed by atoms with Gasteiger partial charge in [0.05, 0.1) is 18.9 Å². The molecule has 86 valence electrons. The topological polar surface area (TPSA) is 69.8 Å². The van der Waals surface area contributed by atoms with E-state index in [2.05, 4.69) is 10.2 Å². The van der Waals surface area contributed by atoms with Crippen molar-refractivity contribution in [2.75, 3.05) is 0 Å². The van der Waals surface area contributed by atoms with Gasteiger partial charge in [-0.25, -0.2) is 8.42 Å². The molecular formula is C8H9ClN4O2S. The molecule has 0 spiro atoms. The van der Waals surface area contributed by atoms with Gasteiger partial charge in [0.25, 0.3) is 9.05 Å². The molecule has 6 nitrogen and oxygen atoms in total. The van der Waals surface area contributed by atoms with Crippen LogP contribution in [0.1, 0.15) is 5.56 Å². The van der Waals surface area contributed by atoms with Crippen LogP contribution in [0.4, 0.5) is 0 Å². The van der Waals surface area contributed by atoms with Gasteiger partial charge >= 0.3 is 0 Å². The zero-order valence-electron chi connectivity index (χ0n) is 8.41. The van der Waals surface area contributed by atoms with Crippen molar-refractivity contribution in [3.63, 3.8) is 0 Å². The lowest BCUT2D eigenvalue weighted by molar-refractivity contribution is 0.609. The second kappa shape index (κ2) is 3.91. The summed E-state index contributed by atoms with van der Waals surface area (Å²) in [5.41, 5.74) is 0.934. The van der Waals surface area contributed by atoms with Gasteiger partial charge in [-0.05, 0) is 0 Å². The molecule has 0 unspecified atom stereocenters. The molecule has 0 aliphatic carbocycles. The van der Waals surface area contributed by atoms with E-state index in [1.54, 1.807) is 17.9 Å². The van der Waals surface area contributed by atoms with Crippen molar-refractivity contribution in [3.05, 3.63) is 30.4 Å². The minimum Gasteiger partial charge on any atom is -0.275 e. The molecule has 2 heterocycles. The van der Waals surface area contributed by atoms with Crippen molar-refractivity contribution in [2.24, 2.45) is 7.05 Å². The highest BCUT2D eigenvalue weighted by atomic mass is 35.7. The Kier molecular flexibility index (Phi) is 2.73. The largest absolute Gasteiger partial charge is 0.275 e. The number of rotatable bonds is 3. The molecular weight excluding hydrogens is 252 g/mol. The van der Waals surface area contributed by atoms with E-state index in [1.165, 1.54) is 17.1 Å². The molecule has 0 radical (unpaired) electrons. The summed E-state index contributed by atoms with van der Waals surface area (Å²) < 4.78 is 25.2. The van der Waals surface area contributed by atoms with E-state index in [4.69, 9.17) is 10.7 Å². The first kappa shape index (κ1) is 11.2. The van der Waals surface area contributed by atoms with Crippen LogP contribution in [-0.4, -0.2) is 28.0 Å². The Morgan fingerprint density at radius 2 is 2.06 bits per heavy atom. The minimum absolute atomic E-state index is 0.00180. The Balaban J connectivity index is 2.21. The summed E-state index contributed by atoms with van der Waals surface area (Å²) in [5, 5.41) is 7.90. The van der Waals surface area contributed by atoms with Crippen LogP contribution in [0.2, 0.25) is 0 Å². The molecule has 0 saturated carbocycles. The van der Waals surface area contributed by atoms with Crippen LogP contribution in [-0.2, 0) is 22.6 Å². The van der Waals surface area contributed by atoms with Gasteiger partial charge in [-0.2, -0.15) is 10.2 Å². The average molecular weight is 261 g/mol. The molecule has 8 heteroatoms. The van der Waals surface area contributed by atoms with Gasteiger partial charge in [0, 0.05) is 35.7 Å². The lowest BCUT2D eigenvalue weighted by atomic mass is 10.4. The smallest absolute Gasteiger partial charge is 0.264 e. The molecule has 0 fully saturated rings. The molecule has 0 amide bonds. The fourth-order valence-corrected chi connectivity index (χ4v) is 1.96. The zero-order valence-corrected chi connectivity index (χ0v) is 9.98. The number of nitrogens with zero attached hydrogens (tertiary/aromatic N) is 4. The highest BCUT2D eigenvalue weighted by Gasteiger charge is 2.12. The molecule has 0 aliphatic heterocycles. The van der Waals surface area contributed by atoms with Crippen LogP contribution in [0.15, 0.2) is 29.7 Å². The summed E-state index contributed by atoms with van der Waals surface area (Å²) in [4.78, 5) is -0.00180. The first-order valence-corrected chi connectivity index (χ1v) is 6.71. The molecule has 16 heavy (non-hydrogen) atoms. The molecule has 0 saturated heterocycles. The maximum absolute atomic E-state index is 11.0. The fraction of sp³-hybridized carbons (Fsp3) is 0.250. The molecule has 0 aliphatic rings. The second-order valence-corrected chi connectivity index (χ2v) is 5.90. The summed E-state index contributed by atoms with van der Waals surface area (Å²) in [7, 11) is 3.29. The second-order valence-electron chi connectivity index (χ2n) is 3.33. The number of hydrogen-bond donors (Lipinski definition) is 0. The predicted molar refractivity (Wildman–Crippen MR) is 57.6 cm³/mol. The van der Waals surface area contributed by atoms with Crippen molar-refractivity contribution in [1.82, 2.24) is 19.6 Å². The Bertz CT molecular complexity index is 601. The van der Waals surface area contributed by atoms with E-state index < -0.39 is 9.05 Å². The third kappa shape index (κ3) is 2.42. The Hall–Kier alpha value is -1.34. The molecule has 2 rings (SSSR count). The monoisotopic (exact) mass is 260 g/mol. The molecule has 2 aromatic heterocycles. The minimum atomic E-state index is -3.70. The normalized spacial score (nSPS) is 11.9. The van der Waals surface area contributed by atoms with E-state index >= 15 is 0 Å². The van der Waals surface area contributed by atoms with Crippen molar-refractivity contribution in [2.45, 2.75) is 11.4 Å². The number of halogens is 1. The van der Waals surface area contributed by atoms with E-state index in [0.717, 1.165) is 5.56 Å². The van der Waals surface area contributed by atoms with Gasteiger partial charge < -0.3 is 0 Å². The maximum Gasteiger partial charge on any atom is 0.264 e. The van der Waals surface area contributed by atoms with Crippen molar-refractivity contribution < 1.29 is 8.42 Å². The van der Waals surface area contributed by atoms with Crippen LogP contribution in [0, 0.1) is 0 Å². The quantitative estimate of drug-likeness (QED) is 0.758. The van der Waals surface area contributed by atoms with Gasteiger partial charge in [0.15, 0.2) is 0 Å². The van der Waals surface area contributed by atoms with Gasteiger partial charge in [-0.15, -0.1) is 0 Å².